The number of piperazine rings is 1. The number of alkyl halides is 3. The summed E-state index contributed by atoms with van der Waals surface area (Å²) in [4.78, 5) is 25.2. The number of fused-ring (bicyclic) bond motifs is 1. The zero-order valence-electron chi connectivity index (χ0n) is 19.5. The molecule has 0 aliphatic carbocycles. The Morgan fingerprint density at radius 1 is 1.20 bits per heavy atom. The van der Waals surface area contributed by atoms with Crippen LogP contribution in [-0.4, -0.2) is 56.3 Å². The molecule has 1 unspecified atom stereocenters. The van der Waals surface area contributed by atoms with Crippen LogP contribution >= 0.6 is 0 Å². The van der Waals surface area contributed by atoms with Gasteiger partial charge in [-0.05, 0) is 38.1 Å². The van der Waals surface area contributed by atoms with Crippen molar-refractivity contribution in [2.45, 2.75) is 38.1 Å². The summed E-state index contributed by atoms with van der Waals surface area (Å²) in [5.74, 6) is 0. The number of nitriles is 1. The number of halogens is 3. The minimum absolute atomic E-state index is 0.127. The Morgan fingerprint density at radius 3 is 2.54 bits per heavy atom. The van der Waals surface area contributed by atoms with E-state index in [1.54, 1.807) is 19.2 Å². The lowest BCUT2D eigenvalue weighted by molar-refractivity contribution is -0.137. The van der Waals surface area contributed by atoms with Crippen molar-refractivity contribution in [2.75, 3.05) is 24.6 Å². The number of aliphatic hydroxyl groups is 1. The van der Waals surface area contributed by atoms with Gasteiger partial charge in [-0.15, -0.1) is 0 Å². The van der Waals surface area contributed by atoms with Crippen molar-refractivity contribution in [2.24, 2.45) is 7.05 Å². The van der Waals surface area contributed by atoms with E-state index >= 15 is 0 Å². The summed E-state index contributed by atoms with van der Waals surface area (Å²) in [6, 6.07) is 8.24. The largest absolute Gasteiger partial charge is 0.417 e. The van der Waals surface area contributed by atoms with Crippen LogP contribution in [0.3, 0.4) is 0 Å². The van der Waals surface area contributed by atoms with Crippen molar-refractivity contribution >= 4 is 16.7 Å². The standard InChI is InChI=1S/C24H25F3N6O2/c1-14-12-33(21(13-34)18-6-4-16(10-29-18)24(25,26)27)15(2)11-32(14)20-8-22(35)31(3)19-7-5-17(9-28)30-23(19)20/h4-8,10,14-15,21,34H,11-13H2,1-3H3/t14-,15+,21?/m0/s1. The average molecular weight is 486 g/mol. The van der Waals surface area contributed by atoms with Crippen LogP contribution in [0.2, 0.25) is 0 Å². The van der Waals surface area contributed by atoms with Crippen molar-refractivity contribution in [3.8, 4) is 6.07 Å². The van der Waals surface area contributed by atoms with Gasteiger partial charge in [-0.1, -0.05) is 0 Å². The second-order valence-corrected chi connectivity index (χ2v) is 8.82. The first-order chi connectivity index (χ1) is 16.5. The molecule has 0 amide bonds. The summed E-state index contributed by atoms with van der Waals surface area (Å²) in [7, 11) is 1.65. The second-order valence-electron chi connectivity index (χ2n) is 8.82. The highest BCUT2D eigenvalue weighted by atomic mass is 19.4. The molecule has 1 fully saturated rings. The van der Waals surface area contributed by atoms with Crippen LogP contribution in [0.1, 0.15) is 36.8 Å². The molecule has 3 aromatic rings. The van der Waals surface area contributed by atoms with Crippen molar-refractivity contribution in [1.29, 1.82) is 5.26 Å². The number of aliphatic hydroxyl groups excluding tert-OH is 1. The Balaban J connectivity index is 1.66. The number of pyridine rings is 3. The third-order valence-electron chi connectivity index (χ3n) is 6.56. The van der Waals surface area contributed by atoms with Crippen LogP contribution in [0.25, 0.3) is 11.0 Å². The first kappa shape index (κ1) is 24.6. The molecule has 0 radical (unpaired) electrons. The number of rotatable bonds is 4. The summed E-state index contributed by atoms with van der Waals surface area (Å²) in [5, 5.41) is 19.4. The monoisotopic (exact) mass is 486 g/mol. The number of hydrogen-bond acceptors (Lipinski definition) is 7. The summed E-state index contributed by atoms with van der Waals surface area (Å²) in [5.41, 5.74) is 1.32. The SMILES string of the molecule is C[C@@H]1CN(c2cc(=O)n(C)c3ccc(C#N)nc23)[C@@H](C)CN1C(CO)c1ccc(C(F)(F)F)cn1. The molecule has 0 aromatic carbocycles. The van der Waals surface area contributed by atoms with E-state index in [4.69, 9.17) is 0 Å². The van der Waals surface area contributed by atoms with Crippen molar-refractivity contribution in [3.63, 3.8) is 0 Å². The molecule has 1 aliphatic heterocycles. The highest BCUT2D eigenvalue weighted by Gasteiger charge is 2.36. The minimum Gasteiger partial charge on any atom is -0.394 e. The fourth-order valence-electron chi connectivity index (χ4n) is 4.65. The molecule has 0 bridgehead atoms. The molecule has 3 atom stereocenters. The summed E-state index contributed by atoms with van der Waals surface area (Å²) in [6.07, 6.45) is -3.70. The zero-order valence-corrected chi connectivity index (χ0v) is 19.5. The Morgan fingerprint density at radius 2 is 1.94 bits per heavy atom. The van der Waals surface area contributed by atoms with Gasteiger partial charge in [0.2, 0.25) is 0 Å². The van der Waals surface area contributed by atoms with Crippen LogP contribution < -0.4 is 10.5 Å². The number of nitrogens with zero attached hydrogens (tertiary/aromatic N) is 6. The zero-order chi connectivity index (χ0) is 25.5. The van der Waals surface area contributed by atoms with E-state index in [0.29, 0.717) is 35.5 Å². The topological polar surface area (TPSA) is 98.3 Å². The number of aryl methyl sites for hydroxylation is 1. The Hall–Kier alpha value is -3.49. The Kier molecular flexibility index (Phi) is 6.53. The van der Waals surface area contributed by atoms with Gasteiger partial charge in [-0.2, -0.15) is 18.4 Å². The summed E-state index contributed by atoms with van der Waals surface area (Å²) < 4.78 is 40.3. The minimum atomic E-state index is -4.48. The summed E-state index contributed by atoms with van der Waals surface area (Å²) in [6.45, 7) is 4.54. The fourth-order valence-corrected chi connectivity index (χ4v) is 4.65. The van der Waals surface area contributed by atoms with Gasteiger partial charge < -0.3 is 14.6 Å². The maximum atomic E-state index is 12.9. The Bertz CT molecular complexity index is 1330. The first-order valence-corrected chi connectivity index (χ1v) is 11.1. The predicted molar refractivity (Wildman–Crippen MR) is 124 cm³/mol. The smallest absolute Gasteiger partial charge is 0.394 e. The molecule has 35 heavy (non-hydrogen) atoms. The average Bonchev–Trinajstić information content (AvgIpc) is 2.83. The second kappa shape index (κ2) is 9.28. The number of anilines is 1. The van der Waals surface area contributed by atoms with Crippen molar-refractivity contribution in [3.05, 3.63) is 63.8 Å². The van der Waals surface area contributed by atoms with Gasteiger partial charge in [0.25, 0.3) is 5.56 Å². The molecule has 1 N–H and O–H groups in total. The molecule has 3 aromatic heterocycles. The van der Waals surface area contributed by atoms with E-state index in [1.165, 1.54) is 16.7 Å². The lowest BCUT2D eigenvalue weighted by atomic mass is 10.0. The molecule has 4 rings (SSSR count). The molecule has 4 heterocycles. The first-order valence-electron chi connectivity index (χ1n) is 11.1. The van der Waals surface area contributed by atoms with Gasteiger partial charge in [0.15, 0.2) is 0 Å². The van der Waals surface area contributed by atoms with E-state index in [2.05, 4.69) is 9.97 Å². The maximum absolute atomic E-state index is 12.9. The molecule has 0 spiro atoms. The van der Waals surface area contributed by atoms with Gasteiger partial charge in [-0.25, -0.2) is 4.98 Å². The maximum Gasteiger partial charge on any atom is 0.417 e. The van der Waals surface area contributed by atoms with E-state index < -0.39 is 17.8 Å². The van der Waals surface area contributed by atoms with E-state index in [-0.39, 0.29) is 29.9 Å². The van der Waals surface area contributed by atoms with Crippen LogP contribution in [0.5, 0.6) is 0 Å². The molecule has 11 heteroatoms. The lowest BCUT2D eigenvalue weighted by Gasteiger charge is -2.47. The molecule has 184 valence electrons. The van der Waals surface area contributed by atoms with Gasteiger partial charge in [0.05, 0.1) is 35.1 Å². The number of hydrogen-bond donors (Lipinski definition) is 1. The molecule has 0 saturated carbocycles. The van der Waals surface area contributed by atoms with Crippen LogP contribution in [0, 0.1) is 11.3 Å². The highest BCUT2D eigenvalue weighted by Crippen LogP contribution is 2.33. The molecule has 8 nitrogen and oxygen atoms in total. The molecule has 1 aliphatic rings. The fraction of sp³-hybridized carbons (Fsp3) is 0.417. The normalized spacial score (nSPS) is 20.1. The van der Waals surface area contributed by atoms with Gasteiger partial charge in [-0.3, -0.25) is 14.7 Å². The lowest BCUT2D eigenvalue weighted by Crippen LogP contribution is -2.58. The Labute approximate surface area is 199 Å². The van der Waals surface area contributed by atoms with Gasteiger partial charge >= 0.3 is 6.18 Å². The van der Waals surface area contributed by atoms with Crippen LogP contribution in [-0.2, 0) is 13.2 Å². The van der Waals surface area contributed by atoms with E-state index in [9.17, 15) is 28.3 Å². The van der Waals surface area contributed by atoms with E-state index in [0.717, 1.165) is 12.3 Å². The highest BCUT2D eigenvalue weighted by molar-refractivity contribution is 5.89. The van der Waals surface area contributed by atoms with Gasteiger partial charge in [0.1, 0.15) is 17.3 Å². The van der Waals surface area contributed by atoms with Crippen molar-refractivity contribution < 1.29 is 18.3 Å². The third-order valence-corrected chi connectivity index (χ3v) is 6.56. The van der Waals surface area contributed by atoms with Crippen LogP contribution in [0.15, 0.2) is 41.3 Å². The van der Waals surface area contributed by atoms with Crippen molar-refractivity contribution in [1.82, 2.24) is 19.4 Å². The quantitative estimate of drug-likeness (QED) is 0.606. The predicted octanol–water partition coefficient (Wildman–Crippen LogP) is 2.85. The van der Waals surface area contributed by atoms with Crippen LogP contribution in [0.4, 0.5) is 18.9 Å². The molecular formula is C24H25F3N6O2. The van der Waals surface area contributed by atoms with E-state index in [1.807, 2.05) is 29.7 Å². The number of aromatic nitrogens is 3. The van der Waals surface area contributed by atoms with Gasteiger partial charge in [0, 0.05) is 44.5 Å². The summed E-state index contributed by atoms with van der Waals surface area (Å²) >= 11 is 0. The molecular weight excluding hydrogens is 461 g/mol. The third kappa shape index (κ3) is 4.59. The molecule has 1 saturated heterocycles.